The van der Waals surface area contributed by atoms with Crippen LogP contribution in [-0.2, 0) is 4.79 Å². The van der Waals surface area contributed by atoms with E-state index in [1.165, 1.54) is 36.4 Å². The number of carboxylic acids is 1. The van der Waals surface area contributed by atoms with Crippen LogP contribution in [0.4, 0.5) is 5.69 Å². The van der Waals surface area contributed by atoms with E-state index >= 15 is 0 Å². The van der Waals surface area contributed by atoms with E-state index in [2.05, 4.69) is 5.10 Å². The predicted molar refractivity (Wildman–Crippen MR) is 96.6 cm³/mol. The van der Waals surface area contributed by atoms with E-state index in [9.17, 15) is 14.7 Å². The van der Waals surface area contributed by atoms with Crippen LogP contribution in [0.25, 0.3) is 6.08 Å². The van der Waals surface area contributed by atoms with Gasteiger partial charge in [-0.05, 0) is 43.3 Å². The van der Waals surface area contributed by atoms with Gasteiger partial charge in [0.1, 0.15) is 0 Å². The summed E-state index contributed by atoms with van der Waals surface area (Å²) in [7, 11) is 1.45. The molecule has 0 spiro atoms. The van der Waals surface area contributed by atoms with E-state index in [1.807, 2.05) is 0 Å². The fourth-order valence-corrected chi connectivity index (χ4v) is 2.58. The number of methoxy groups -OCH3 is 1. The molecule has 0 radical (unpaired) electrons. The summed E-state index contributed by atoms with van der Waals surface area (Å²) in [6, 6.07) is 10.8. The van der Waals surface area contributed by atoms with Gasteiger partial charge in [0, 0.05) is 5.56 Å². The maximum absolute atomic E-state index is 12.7. The molecule has 26 heavy (non-hydrogen) atoms. The number of aromatic hydroxyl groups is 1. The molecule has 0 saturated carbocycles. The highest BCUT2D eigenvalue weighted by molar-refractivity contribution is 6.32. The van der Waals surface area contributed by atoms with Crippen LogP contribution in [-0.4, -0.2) is 34.9 Å². The van der Waals surface area contributed by atoms with Gasteiger partial charge in [-0.25, -0.2) is 4.79 Å². The molecule has 1 aliphatic heterocycles. The number of carbonyl (C=O) groups excluding carboxylic acids is 1. The number of amides is 1. The molecule has 2 aromatic carbocycles. The number of carboxylic acid groups (broad SMARTS) is 1. The van der Waals surface area contributed by atoms with E-state index in [-0.39, 0.29) is 17.2 Å². The smallest absolute Gasteiger partial charge is 0.335 e. The van der Waals surface area contributed by atoms with E-state index in [1.54, 1.807) is 31.2 Å². The Morgan fingerprint density at radius 2 is 1.88 bits per heavy atom. The van der Waals surface area contributed by atoms with Gasteiger partial charge in [-0.1, -0.05) is 12.1 Å². The quantitative estimate of drug-likeness (QED) is 0.824. The van der Waals surface area contributed by atoms with Crippen molar-refractivity contribution >= 4 is 29.4 Å². The Morgan fingerprint density at radius 1 is 1.19 bits per heavy atom. The van der Waals surface area contributed by atoms with E-state index in [4.69, 9.17) is 9.84 Å². The summed E-state index contributed by atoms with van der Waals surface area (Å²) in [6.07, 6.45) is 1.55. The van der Waals surface area contributed by atoms with Gasteiger partial charge in [0.2, 0.25) is 0 Å². The highest BCUT2D eigenvalue weighted by Gasteiger charge is 2.29. The van der Waals surface area contributed by atoms with Gasteiger partial charge in [-0.3, -0.25) is 4.79 Å². The van der Waals surface area contributed by atoms with E-state index in [0.717, 1.165) is 0 Å². The molecule has 7 nitrogen and oxygen atoms in total. The number of carbonyl (C=O) groups is 2. The van der Waals surface area contributed by atoms with Crippen LogP contribution in [0.15, 0.2) is 53.1 Å². The second-order valence-electron chi connectivity index (χ2n) is 5.61. The average molecular weight is 352 g/mol. The summed E-state index contributed by atoms with van der Waals surface area (Å²) in [6.45, 7) is 1.69. The third-order valence-corrected chi connectivity index (χ3v) is 3.97. The number of hydrazone groups is 1. The number of anilines is 1. The van der Waals surface area contributed by atoms with Gasteiger partial charge in [-0.2, -0.15) is 10.1 Å². The van der Waals surface area contributed by atoms with Crippen molar-refractivity contribution in [3.63, 3.8) is 0 Å². The lowest BCUT2D eigenvalue weighted by atomic mass is 10.1. The maximum atomic E-state index is 12.7. The van der Waals surface area contributed by atoms with Crippen LogP contribution in [0.2, 0.25) is 0 Å². The standard InChI is InChI=1S/C19H16N2O5/c1-11-15(10-13-4-3-5-16(26-2)17(13)22)18(23)21(20-11)14-8-6-12(7-9-14)19(24)25/h3-10,22H,1-2H3,(H,24,25). The highest BCUT2D eigenvalue weighted by atomic mass is 16.5. The van der Waals surface area contributed by atoms with Gasteiger partial charge in [0.25, 0.3) is 5.91 Å². The number of hydrogen-bond acceptors (Lipinski definition) is 5. The molecule has 7 heteroatoms. The molecule has 2 aromatic rings. The molecule has 0 fully saturated rings. The molecular formula is C19H16N2O5. The molecule has 1 aliphatic rings. The first kappa shape index (κ1) is 17.2. The van der Waals surface area contributed by atoms with Crippen molar-refractivity contribution < 1.29 is 24.5 Å². The fourth-order valence-electron chi connectivity index (χ4n) is 2.58. The summed E-state index contributed by atoms with van der Waals surface area (Å²) in [4.78, 5) is 23.7. The number of benzene rings is 2. The van der Waals surface area contributed by atoms with Crippen molar-refractivity contribution in [3.8, 4) is 11.5 Å². The van der Waals surface area contributed by atoms with Gasteiger partial charge in [0.15, 0.2) is 11.5 Å². The van der Waals surface area contributed by atoms with Crippen molar-refractivity contribution in [3.05, 3.63) is 59.2 Å². The largest absolute Gasteiger partial charge is 0.504 e. The molecule has 0 saturated heterocycles. The van der Waals surface area contributed by atoms with Crippen LogP contribution in [0, 0.1) is 0 Å². The molecular weight excluding hydrogens is 336 g/mol. The number of nitrogens with zero attached hydrogens (tertiary/aromatic N) is 2. The molecule has 0 atom stereocenters. The summed E-state index contributed by atoms with van der Waals surface area (Å²) >= 11 is 0. The Bertz CT molecular complexity index is 945. The molecule has 0 aliphatic carbocycles. The lowest BCUT2D eigenvalue weighted by Crippen LogP contribution is -2.21. The Kier molecular flexibility index (Phi) is 4.45. The zero-order valence-corrected chi connectivity index (χ0v) is 14.1. The van der Waals surface area contributed by atoms with Crippen LogP contribution in [0.5, 0.6) is 11.5 Å². The predicted octanol–water partition coefficient (Wildman–Crippen LogP) is 2.91. The number of rotatable bonds is 4. The molecule has 3 rings (SSSR count). The van der Waals surface area contributed by atoms with E-state index < -0.39 is 5.97 Å². The van der Waals surface area contributed by atoms with Crippen molar-refractivity contribution in [1.82, 2.24) is 0 Å². The second-order valence-corrected chi connectivity index (χ2v) is 5.61. The summed E-state index contributed by atoms with van der Waals surface area (Å²) in [5.41, 5.74) is 1.83. The zero-order valence-electron chi connectivity index (χ0n) is 14.1. The summed E-state index contributed by atoms with van der Waals surface area (Å²) in [5.74, 6) is -1.17. The van der Waals surface area contributed by atoms with Crippen LogP contribution in [0.3, 0.4) is 0 Å². The van der Waals surface area contributed by atoms with Gasteiger partial charge in [0.05, 0.1) is 29.6 Å². The highest BCUT2D eigenvalue weighted by Crippen LogP contribution is 2.32. The minimum absolute atomic E-state index is 0.0626. The molecule has 1 amide bonds. The van der Waals surface area contributed by atoms with E-state index in [0.29, 0.717) is 28.3 Å². The Morgan fingerprint density at radius 3 is 2.50 bits per heavy atom. The number of para-hydroxylation sites is 1. The fraction of sp³-hybridized carbons (Fsp3) is 0.105. The molecule has 1 heterocycles. The first-order chi connectivity index (χ1) is 12.4. The molecule has 0 bridgehead atoms. The number of ether oxygens (including phenoxy) is 1. The van der Waals surface area contributed by atoms with Gasteiger partial charge < -0.3 is 14.9 Å². The lowest BCUT2D eigenvalue weighted by Gasteiger charge is -2.12. The minimum atomic E-state index is -1.04. The Hall–Kier alpha value is -3.61. The average Bonchev–Trinajstić information content (AvgIpc) is 2.91. The van der Waals surface area contributed by atoms with Gasteiger partial charge >= 0.3 is 5.97 Å². The zero-order chi connectivity index (χ0) is 18.8. The molecule has 2 N–H and O–H groups in total. The summed E-state index contributed by atoms with van der Waals surface area (Å²) < 4.78 is 5.07. The number of phenolic OH excluding ortho intramolecular Hbond substituents is 1. The molecule has 0 unspecified atom stereocenters. The topological polar surface area (TPSA) is 99.4 Å². The molecule has 0 aromatic heterocycles. The second kappa shape index (κ2) is 6.72. The maximum Gasteiger partial charge on any atom is 0.335 e. The first-order valence-corrected chi connectivity index (χ1v) is 7.73. The Labute approximate surface area is 149 Å². The normalized spacial score (nSPS) is 15.3. The van der Waals surface area contributed by atoms with Crippen molar-refractivity contribution in [2.45, 2.75) is 6.92 Å². The van der Waals surface area contributed by atoms with Gasteiger partial charge in [-0.15, -0.1) is 0 Å². The number of phenols is 1. The van der Waals surface area contributed by atoms with Crippen molar-refractivity contribution in [2.75, 3.05) is 12.1 Å². The lowest BCUT2D eigenvalue weighted by molar-refractivity contribution is -0.114. The number of aromatic carboxylic acids is 1. The third-order valence-electron chi connectivity index (χ3n) is 3.97. The summed E-state index contributed by atoms with van der Waals surface area (Å²) in [5, 5.41) is 24.6. The third kappa shape index (κ3) is 3.02. The van der Waals surface area contributed by atoms with Crippen LogP contribution >= 0.6 is 0 Å². The number of hydrogen-bond donors (Lipinski definition) is 2. The van der Waals surface area contributed by atoms with Crippen molar-refractivity contribution in [1.29, 1.82) is 0 Å². The van der Waals surface area contributed by atoms with Crippen molar-refractivity contribution in [2.24, 2.45) is 5.10 Å². The monoisotopic (exact) mass is 352 g/mol. The Balaban J connectivity index is 1.94. The van der Waals surface area contributed by atoms with Crippen LogP contribution < -0.4 is 9.75 Å². The minimum Gasteiger partial charge on any atom is -0.504 e. The molecule has 132 valence electrons. The first-order valence-electron chi connectivity index (χ1n) is 7.73. The SMILES string of the molecule is COc1cccc(C=C2C(=O)N(c3ccc(C(=O)O)cc3)N=C2C)c1O. The van der Waals surface area contributed by atoms with Crippen LogP contribution in [0.1, 0.15) is 22.8 Å².